The number of halogens is 2. The van der Waals surface area contributed by atoms with Crippen molar-refractivity contribution in [2.45, 2.75) is 19.9 Å². The van der Waals surface area contributed by atoms with E-state index >= 15 is 0 Å². The SMILES string of the molecule is CCNC(c1ccc(C)c(OC)c1)c1cc(Cl)ccc1Cl. The number of nitrogens with one attached hydrogen (secondary N) is 1. The number of hydrogen-bond acceptors (Lipinski definition) is 2. The molecule has 0 spiro atoms. The van der Waals surface area contributed by atoms with E-state index in [9.17, 15) is 0 Å². The summed E-state index contributed by atoms with van der Waals surface area (Å²) in [6.45, 7) is 4.91. The summed E-state index contributed by atoms with van der Waals surface area (Å²) in [5.41, 5.74) is 3.18. The molecule has 0 saturated carbocycles. The smallest absolute Gasteiger partial charge is 0.122 e. The topological polar surface area (TPSA) is 21.3 Å². The van der Waals surface area contributed by atoms with Gasteiger partial charge in [0.1, 0.15) is 5.75 Å². The van der Waals surface area contributed by atoms with E-state index in [0.717, 1.165) is 29.0 Å². The Bertz CT molecular complexity index is 628. The molecule has 2 aromatic rings. The van der Waals surface area contributed by atoms with Gasteiger partial charge in [-0.25, -0.2) is 0 Å². The van der Waals surface area contributed by atoms with Crippen molar-refractivity contribution in [1.82, 2.24) is 5.32 Å². The highest BCUT2D eigenvalue weighted by Gasteiger charge is 2.17. The quantitative estimate of drug-likeness (QED) is 0.835. The molecular formula is C17H19Cl2NO. The Hall–Kier alpha value is -1.22. The molecule has 0 bridgehead atoms. The molecule has 0 aliphatic rings. The highest BCUT2D eigenvalue weighted by atomic mass is 35.5. The summed E-state index contributed by atoms with van der Waals surface area (Å²) in [6, 6.07) is 11.7. The van der Waals surface area contributed by atoms with Crippen LogP contribution >= 0.6 is 23.2 Å². The van der Waals surface area contributed by atoms with Gasteiger partial charge in [0.15, 0.2) is 0 Å². The van der Waals surface area contributed by atoms with E-state index in [2.05, 4.69) is 24.4 Å². The first-order valence-electron chi connectivity index (χ1n) is 6.89. The molecule has 0 aliphatic heterocycles. The van der Waals surface area contributed by atoms with E-state index < -0.39 is 0 Å². The van der Waals surface area contributed by atoms with Crippen LogP contribution in [-0.2, 0) is 0 Å². The molecule has 1 atom stereocenters. The van der Waals surface area contributed by atoms with Gasteiger partial charge < -0.3 is 10.1 Å². The number of rotatable bonds is 5. The van der Waals surface area contributed by atoms with Crippen molar-refractivity contribution >= 4 is 23.2 Å². The molecule has 0 amide bonds. The van der Waals surface area contributed by atoms with Gasteiger partial charge >= 0.3 is 0 Å². The molecule has 4 heteroatoms. The summed E-state index contributed by atoms with van der Waals surface area (Å²) in [5.74, 6) is 0.869. The lowest BCUT2D eigenvalue weighted by molar-refractivity contribution is 0.410. The number of ether oxygens (including phenoxy) is 1. The van der Waals surface area contributed by atoms with Crippen LogP contribution in [0.5, 0.6) is 5.75 Å². The fourth-order valence-corrected chi connectivity index (χ4v) is 2.77. The summed E-state index contributed by atoms with van der Waals surface area (Å²) >= 11 is 12.5. The van der Waals surface area contributed by atoms with Crippen molar-refractivity contribution < 1.29 is 4.74 Å². The fraction of sp³-hybridized carbons (Fsp3) is 0.294. The van der Waals surface area contributed by atoms with Gasteiger partial charge in [-0.3, -0.25) is 0 Å². The van der Waals surface area contributed by atoms with Gasteiger partial charge in [-0.15, -0.1) is 0 Å². The second-order valence-electron chi connectivity index (χ2n) is 4.89. The molecule has 112 valence electrons. The fourth-order valence-electron chi connectivity index (χ4n) is 2.36. The predicted octanol–water partition coefficient (Wildman–Crippen LogP) is 5.01. The predicted molar refractivity (Wildman–Crippen MR) is 89.7 cm³/mol. The van der Waals surface area contributed by atoms with Crippen LogP contribution in [0.1, 0.15) is 29.7 Å². The first-order chi connectivity index (χ1) is 10.1. The number of benzene rings is 2. The van der Waals surface area contributed by atoms with E-state index in [1.807, 2.05) is 25.1 Å². The second kappa shape index (κ2) is 7.17. The number of aryl methyl sites for hydroxylation is 1. The molecule has 0 radical (unpaired) electrons. The minimum absolute atomic E-state index is 0.0179. The molecule has 1 N–H and O–H groups in total. The van der Waals surface area contributed by atoms with Crippen molar-refractivity contribution in [3.05, 3.63) is 63.1 Å². The maximum absolute atomic E-state index is 6.35. The molecule has 0 fully saturated rings. The summed E-state index contributed by atoms with van der Waals surface area (Å²) in [5, 5.41) is 4.83. The van der Waals surface area contributed by atoms with E-state index in [1.165, 1.54) is 0 Å². The van der Waals surface area contributed by atoms with Gasteiger partial charge in [-0.1, -0.05) is 42.3 Å². The summed E-state index contributed by atoms with van der Waals surface area (Å²) in [4.78, 5) is 0. The van der Waals surface area contributed by atoms with E-state index in [0.29, 0.717) is 10.0 Å². The third-order valence-corrected chi connectivity index (χ3v) is 4.02. The van der Waals surface area contributed by atoms with Crippen LogP contribution in [-0.4, -0.2) is 13.7 Å². The van der Waals surface area contributed by atoms with E-state index in [1.54, 1.807) is 13.2 Å². The standard InChI is InChI=1S/C17H19Cl2NO/c1-4-20-17(14-10-13(18)7-8-15(14)19)12-6-5-11(2)16(9-12)21-3/h5-10,17,20H,4H2,1-3H3. The minimum atomic E-state index is -0.0179. The zero-order valence-electron chi connectivity index (χ0n) is 12.4. The Morgan fingerprint density at radius 1 is 1.14 bits per heavy atom. The van der Waals surface area contributed by atoms with Crippen LogP contribution in [0.25, 0.3) is 0 Å². The largest absolute Gasteiger partial charge is 0.496 e. The van der Waals surface area contributed by atoms with Gasteiger partial charge in [-0.2, -0.15) is 0 Å². The highest BCUT2D eigenvalue weighted by molar-refractivity contribution is 6.33. The Morgan fingerprint density at radius 3 is 2.57 bits per heavy atom. The molecule has 0 saturated heterocycles. The Kier molecular flexibility index (Phi) is 5.51. The molecule has 1 unspecified atom stereocenters. The van der Waals surface area contributed by atoms with Crippen LogP contribution in [0, 0.1) is 6.92 Å². The lowest BCUT2D eigenvalue weighted by Gasteiger charge is -2.21. The van der Waals surface area contributed by atoms with Crippen molar-refractivity contribution in [3.63, 3.8) is 0 Å². The lowest BCUT2D eigenvalue weighted by Crippen LogP contribution is -2.22. The second-order valence-corrected chi connectivity index (χ2v) is 5.73. The van der Waals surface area contributed by atoms with E-state index in [4.69, 9.17) is 27.9 Å². The molecule has 21 heavy (non-hydrogen) atoms. The van der Waals surface area contributed by atoms with Crippen molar-refractivity contribution in [1.29, 1.82) is 0 Å². The zero-order valence-corrected chi connectivity index (χ0v) is 13.9. The van der Waals surface area contributed by atoms with Gasteiger partial charge in [0.2, 0.25) is 0 Å². The van der Waals surface area contributed by atoms with Crippen LogP contribution in [0.4, 0.5) is 0 Å². The third-order valence-electron chi connectivity index (χ3n) is 3.44. The van der Waals surface area contributed by atoms with Crippen LogP contribution in [0.15, 0.2) is 36.4 Å². The number of hydrogen-bond donors (Lipinski definition) is 1. The molecule has 2 aromatic carbocycles. The molecule has 2 rings (SSSR count). The molecule has 0 aliphatic carbocycles. The lowest BCUT2D eigenvalue weighted by atomic mass is 9.97. The normalized spacial score (nSPS) is 12.2. The minimum Gasteiger partial charge on any atom is -0.496 e. The zero-order chi connectivity index (χ0) is 15.4. The molecule has 2 nitrogen and oxygen atoms in total. The average molecular weight is 324 g/mol. The van der Waals surface area contributed by atoms with Crippen LogP contribution in [0.3, 0.4) is 0 Å². The molecular weight excluding hydrogens is 305 g/mol. The monoisotopic (exact) mass is 323 g/mol. The number of methoxy groups -OCH3 is 1. The summed E-state index contributed by atoms with van der Waals surface area (Å²) in [7, 11) is 1.68. The van der Waals surface area contributed by atoms with Crippen molar-refractivity contribution in [2.24, 2.45) is 0 Å². The van der Waals surface area contributed by atoms with Gasteiger partial charge in [-0.05, 0) is 54.4 Å². The first-order valence-corrected chi connectivity index (χ1v) is 7.65. The average Bonchev–Trinajstić information content (AvgIpc) is 2.48. The van der Waals surface area contributed by atoms with Crippen molar-refractivity contribution in [3.8, 4) is 5.75 Å². The third kappa shape index (κ3) is 3.70. The van der Waals surface area contributed by atoms with Crippen LogP contribution < -0.4 is 10.1 Å². The van der Waals surface area contributed by atoms with E-state index in [-0.39, 0.29) is 6.04 Å². The Balaban J connectivity index is 2.50. The Morgan fingerprint density at radius 2 is 1.90 bits per heavy atom. The first kappa shape index (κ1) is 16.2. The Labute approximate surface area is 136 Å². The van der Waals surface area contributed by atoms with Gasteiger partial charge in [0.25, 0.3) is 0 Å². The highest BCUT2D eigenvalue weighted by Crippen LogP contribution is 2.32. The van der Waals surface area contributed by atoms with Gasteiger partial charge in [0.05, 0.1) is 13.2 Å². The maximum Gasteiger partial charge on any atom is 0.122 e. The molecule has 0 heterocycles. The van der Waals surface area contributed by atoms with Crippen LogP contribution in [0.2, 0.25) is 10.0 Å². The maximum atomic E-state index is 6.35. The van der Waals surface area contributed by atoms with Gasteiger partial charge in [0, 0.05) is 10.0 Å². The van der Waals surface area contributed by atoms with Crippen molar-refractivity contribution in [2.75, 3.05) is 13.7 Å². The molecule has 0 aromatic heterocycles. The summed E-state index contributed by atoms with van der Waals surface area (Å²) in [6.07, 6.45) is 0. The summed E-state index contributed by atoms with van der Waals surface area (Å²) < 4.78 is 5.42.